The van der Waals surface area contributed by atoms with Crippen molar-refractivity contribution in [1.82, 2.24) is 0 Å². The number of hydrogen-bond donors (Lipinski definition) is 0. The van der Waals surface area contributed by atoms with Crippen LogP contribution in [0.1, 0.15) is 20.3 Å². The second-order valence-corrected chi connectivity index (χ2v) is 1.92. The van der Waals surface area contributed by atoms with Crippen molar-refractivity contribution in [2.45, 2.75) is 20.3 Å². The van der Waals surface area contributed by atoms with Gasteiger partial charge in [-0.3, -0.25) is 0 Å². The average Bonchev–Trinajstić information content (AvgIpc) is 1.82. The van der Waals surface area contributed by atoms with Gasteiger partial charge in [0, 0.05) is 5.57 Å². The number of rotatable bonds is 3. The highest BCUT2D eigenvalue weighted by molar-refractivity contribution is 6.92. The first-order valence-electron chi connectivity index (χ1n) is 3.01. The minimum Gasteiger partial charge on any atom is -0.462 e. The zero-order valence-corrected chi connectivity index (χ0v) is 8.06. The summed E-state index contributed by atoms with van der Waals surface area (Å²) >= 11 is 0. The van der Waals surface area contributed by atoms with Gasteiger partial charge in [-0.2, -0.15) is 9.90 Å². The van der Waals surface area contributed by atoms with Gasteiger partial charge in [-0.25, -0.2) is 4.79 Å². The zero-order chi connectivity index (χ0) is 7.28. The van der Waals surface area contributed by atoms with Gasteiger partial charge in [-0.1, -0.05) is 13.5 Å². The first-order valence-corrected chi connectivity index (χ1v) is 3.01. The molecule has 0 aromatic rings. The molecule has 0 radical (unpaired) electrons. The summed E-state index contributed by atoms with van der Waals surface area (Å²) in [6.07, 6.45) is 0.860. The van der Waals surface area contributed by atoms with Crippen molar-refractivity contribution in [2.24, 2.45) is 0 Å². The Morgan fingerprint density at radius 3 is 2.40 bits per heavy atom. The van der Waals surface area contributed by atoms with Crippen molar-refractivity contribution >= 4 is 15.9 Å². The van der Waals surface area contributed by atoms with Crippen LogP contribution < -0.4 is 0 Å². The third-order valence-electron chi connectivity index (χ3n) is 0.786. The molecule has 0 bridgehead atoms. The number of esters is 1. The van der Waals surface area contributed by atoms with Crippen LogP contribution >= 0.6 is 9.90 Å². The maximum Gasteiger partial charge on any atom is 0.333 e. The summed E-state index contributed by atoms with van der Waals surface area (Å²) in [5.74, 6) is -0.295. The molecule has 0 fully saturated rings. The van der Waals surface area contributed by atoms with Crippen molar-refractivity contribution in [3.63, 3.8) is 0 Å². The van der Waals surface area contributed by atoms with Gasteiger partial charge in [0.15, 0.2) is 0 Å². The van der Waals surface area contributed by atoms with Gasteiger partial charge in [0.1, 0.15) is 0 Å². The van der Waals surface area contributed by atoms with E-state index in [2.05, 4.69) is 6.58 Å². The Balaban J connectivity index is 0. The Kier molecular flexibility index (Phi) is 8.33. The third kappa shape index (κ3) is 5.77. The molecular formula is C7H15O2P. The van der Waals surface area contributed by atoms with Crippen LogP contribution in [0.2, 0.25) is 0 Å². The van der Waals surface area contributed by atoms with Crippen LogP contribution in [-0.4, -0.2) is 12.6 Å². The normalized spacial score (nSPS) is 7.80. The molecule has 0 aliphatic carbocycles. The molecule has 0 aromatic heterocycles. The Labute approximate surface area is 65.3 Å². The topological polar surface area (TPSA) is 26.3 Å². The highest BCUT2D eigenvalue weighted by atomic mass is 31.0. The van der Waals surface area contributed by atoms with Crippen molar-refractivity contribution in [3.8, 4) is 0 Å². The summed E-state index contributed by atoms with van der Waals surface area (Å²) < 4.78 is 4.71. The maximum atomic E-state index is 10.6. The molecule has 1 unspecified atom stereocenters. The second kappa shape index (κ2) is 6.76. The first-order chi connectivity index (χ1) is 4.18. The fraction of sp³-hybridized carbons (Fsp3) is 0.571. The minimum atomic E-state index is -0.295. The van der Waals surface area contributed by atoms with E-state index < -0.39 is 0 Å². The lowest BCUT2D eigenvalue weighted by Crippen LogP contribution is -2.04. The molecule has 0 amide bonds. The zero-order valence-electron chi connectivity index (χ0n) is 6.64. The summed E-state index contributed by atoms with van der Waals surface area (Å²) in [5, 5.41) is 0. The molecule has 0 aliphatic rings. The molecule has 0 saturated heterocycles. The van der Waals surface area contributed by atoms with Crippen LogP contribution in [0.3, 0.4) is 0 Å². The molecule has 1 atom stereocenters. The predicted molar refractivity (Wildman–Crippen MR) is 47.2 cm³/mol. The smallest absolute Gasteiger partial charge is 0.333 e. The van der Waals surface area contributed by atoms with Crippen LogP contribution in [0, 0.1) is 0 Å². The molecular weight excluding hydrogens is 147 g/mol. The fourth-order valence-electron chi connectivity index (χ4n) is 0.318. The fourth-order valence-corrected chi connectivity index (χ4v) is 0.318. The predicted octanol–water partition coefficient (Wildman–Crippen LogP) is 1.57. The van der Waals surface area contributed by atoms with Crippen LogP contribution in [0.4, 0.5) is 0 Å². The van der Waals surface area contributed by atoms with Gasteiger partial charge >= 0.3 is 5.97 Å². The molecule has 0 aromatic carbocycles. The third-order valence-corrected chi connectivity index (χ3v) is 0.786. The van der Waals surface area contributed by atoms with Gasteiger partial charge in [0.2, 0.25) is 0 Å². The van der Waals surface area contributed by atoms with Crippen LogP contribution in [0.5, 0.6) is 0 Å². The van der Waals surface area contributed by atoms with E-state index >= 15 is 0 Å². The van der Waals surface area contributed by atoms with E-state index in [4.69, 9.17) is 4.74 Å². The van der Waals surface area contributed by atoms with E-state index in [1.54, 1.807) is 6.92 Å². The van der Waals surface area contributed by atoms with E-state index in [1.807, 2.05) is 6.92 Å². The second-order valence-electron chi connectivity index (χ2n) is 1.92. The lowest BCUT2D eigenvalue weighted by molar-refractivity contribution is -0.138. The molecule has 60 valence electrons. The summed E-state index contributed by atoms with van der Waals surface area (Å²) in [7, 11) is 0. The summed E-state index contributed by atoms with van der Waals surface area (Å²) in [6.45, 7) is 7.51. The quantitative estimate of drug-likeness (QED) is 0.357. The summed E-state index contributed by atoms with van der Waals surface area (Å²) in [5.41, 5.74) is 0.462. The molecule has 0 spiro atoms. The maximum absolute atomic E-state index is 10.6. The molecule has 3 heteroatoms. The van der Waals surface area contributed by atoms with E-state index in [0.717, 1.165) is 6.42 Å². The monoisotopic (exact) mass is 162 g/mol. The van der Waals surface area contributed by atoms with Gasteiger partial charge < -0.3 is 4.74 Å². The highest BCUT2D eigenvalue weighted by Crippen LogP contribution is 1.91. The Bertz CT molecular complexity index is 121. The van der Waals surface area contributed by atoms with Crippen LogP contribution in [0.15, 0.2) is 12.2 Å². The van der Waals surface area contributed by atoms with E-state index in [1.165, 1.54) is 0 Å². The van der Waals surface area contributed by atoms with Crippen molar-refractivity contribution in [3.05, 3.63) is 12.2 Å². The van der Waals surface area contributed by atoms with Crippen molar-refractivity contribution in [2.75, 3.05) is 6.61 Å². The number of carbonyl (C=O) groups is 1. The van der Waals surface area contributed by atoms with Gasteiger partial charge in [-0.05, 0) is 13.3 Å². The molecule has 0 saturated carbocycles. The Hall–Kier alpha value is -0.360. The lowest BCUT2D eigenvalue weighted by Gasteiger charge is -1.99. The molecule has 2 nitrogen and oxygen atoms in total. The standard InChI is InChI=1S/C7H12O2.H3P/c1-4-5-9-7(8)6(2)3;/h2,4-5H2,1,3H3;1H3. The van der Waals surface area contributed by atoms with Crippen molar-refractivity contribution in [1.29, 1.82) is 0 Å². The largest absolute Gasteiger partial charge is 0.462 e. The van der Waals surface area contributed by atoms with E-state index in [-0.39, 0.29) is 15.9 Å². The van der Waals surface area contributed by atoms with Gasteiger partial charge in [-0.15, -0.1) is 0 Å². The lowest BCUT2D eigenvalue weighted by atomic mass is 10.4. The number of carbonyl (C=O) groups excluding carboxylic acids is 1. The minimum absolute atomic E-state index is 0. The highest BCUT2D eigenvalue weighted by Gasteiger charge is 1.99. The number of ether oxygens (including phenoxy) is 1. The van der Waals surface area contributed by atoms with E-state index in [9.17, 15) is 4.79 Å². The SMILES string of the molecule is C=C(C)C(=O)OCCC.P. The summed E-state index contributed by atoms with van der Waals surface area (Å²) in [4.78, 5) is 10.6. The number of hydrogen-bond acceptors (Lipinski definition) is 2. The molecule has 0 rings (SSSR count). The molecule has 10 heavy (non-hydrogen) atoms. The Morgan fingerprint density at radius 2 is 2.10 bits per heavy atom. The average molecular weight is 162 g/mol. The van der Waals surface area contributed by atoms with E-state index in [0.29, 0.717) is 12.2 Å². The van der Waals surface area contributed by atoms with Gasteiger partial charge in [0.05, 0.1) is 6.61 Å². The summed E-state index contributed by atoms with van der Waals surface area (Å²) in [6, 6.07) is 0. The molecule has 0 N–H and O–H groups in total. The van der Waals surface area contributed by atoms with Crippen molar-refractivity contribution < 1.29 is 9.53 Å². The first kappa shape index (κ1) is 12.3. The van der Waals surface area contributed by atoms with Gasteiger partial charge in [0.25, 0.3) is 0 Å². The molecule has 0 heterocycles. The van der Waals surface area contributed by atoms with Crippen LogP contribution in [0.25, 0.3) is 0 Å². The Morgan fingerprint density at radius 1 is 1.60 bits per heavy atom. The van der Waals surface area contributed by atoms with Crippen LogP contribution in [-0.2, 0) is 9.53 Å². The molecule has 0 aliphatic heterocycles.